The SMILES string of the molecule is Cc1ccc(Nc2cn(COCCO)c(=O)[nH]c2=O)cc1. The second-order valence-corrected chi connectivity index (χ2v) is 4.52. The van der Waals surface area contributed by atoms with Crippen LogP contribution in [0.15, 0.2) is 40.1 Å². The van der Waals surface area contributed by atoms with E-state index in [9.17, 15) is 9.59 Å². The number of H-pyrrole nitrogens is 1. The van der Waals surface area contributed by atoms with Gasteiger partial charge in [-0.2, -0.15) is 0 Å². The van der Waals surface area contributed by atoms with Gasteiger partial charge in [0.05, 0.1) is 13.2 Å². The fourth-order valence-electron chi connectivity index (χ4n) is 1.71. The van der Waals surface area contributed by atoms with Gasteiger partial charge in [-0.05, 0) is 19.1 Å². The monoisotopic (exact) mass is 291 g/mol. The number of aromatic amines is 1. The molecule has 0 spiro atoms. The van der Waals surface area contributed by atoms with Crippen LogP contribution in [0.5, 0.6) is 0 Å². The largest absolute Gasteiger partial charge is 0.394 e. The molecule has 0 amide bonds. The third kappa shape index (κ3) is 4.04. The third-order valence-corrected chi connectivity index (χ3v) is 2.81. The first-order valence-corrected chi connectivity index (χ1v) is 6.46. The van der Waals surface area contributed by atoms with Gasteiger partial charge in [-0.3, -0.25) is 14.3 Å². The van der Waals surface area contributed by atoms with Gasteiger partial charge in [0.2, 0.25) is 0 Å². The molecule has 0 aliphatic carbocycles. The number of benzene rings is 1. The molecule has 0 aliphatic heterocycles. The number of nitrogens with zero attached hydrogens (tertiary/aromatic N) is 1. The lowest BCUT2D eigenvalue weighted by Crippen LogP contribution is -2.31. The van der Waals surface area contributed by atoms with Gasteiger partial charge in [0.15, 0.2) is 0 Å². The normalized spacial score (nSPS) is 10.6. The van der Waals surface area contributed by atoms with Crippen molar-refractivity contribution < 1.29 is 9.84 Å². The van der Waals surface area contributed by atoms with E-state index >= 15 is 0 Å². The van der Waals surface area contributed by atoms with Crippen molar-refractivity contribution >= 4 is 11.4 Å². The predicted octanol–water partition coefficient (Wildman–Crippen LogP) is 0.555. The molecule has 0 radical (unpaired) electrons. The highest BCUT2D eigenvalue weighted by Crippen LogP contribution is 2.12. The van der Waals surface area contributed by atoms with E-state index in [-0.39, 0.29) is 25.6 Å². The van der Waals surface area contributed by atoms with Crippen LogP contribution in [-0.2, 0) is 11.5 Å². The van der Waals surface area contributed by atoms with Gasteiger partial charge in [-0.15, -0.1) is 0 Å². The van der Waals surface area contributed by atoms with E-state index in [1.54, 1.807) is 0 Å². The van der Waals surface area contributed by atoms with E-state index in [2.05, 4.69) is 10.3 Å². The molecule has 0 saturated carbocycles. The minimum atomic E-state index is -0.563. The Hall–Kier alpha value is -2.38. The van der Waals surface area contributed by atoms with Crippen LogP contribution in [0.25, 0.3) is 0 Å². The molecular formula is C14H17N3O4. The number of aliphatic hydroxyl groups excluding tert-OH is 1. The molecular weight excluding hydrogens is 274 g/mol. The van der Waals surface area contributed by atoms with Gasteiger partial charge in [0.1, 0.15) is 12.4 Å². The summed E-state index contributed by atoms with van der Waals surface area (Å²) in [7, 11) is 0. The molecule has 112 valence electrons. The summed E-state index contributed by atoms with van der Waals surface area (Å²) in [6, 6.07) is 7.51. The first-order valence-electron chi connectivity index (χ1n) is 6.46. The van der Waals surface area contributed by atoms with Crippen molar-refractivity contribution in [1.29, 1.82) is 0 Å². The fourth-order valence-corrected chi connectivity index (χ4v) is 1.71. The Labute approximate surface area is 120 Å². The van der Waals surface area contributed by atoms with Crippen molar-refractivity contribution in [3.05, 3.63) is 56.9 Å². The Bertz CT molecular complexity index is 703. The van der Waals surface area contributed by atoms with Crippen LogP contribution in [0.4, 0.5) is 11.4 Å². The van der Waals surface area contributed by atoms with Crippen LogP contribution in [-0.4, -0.2) is 27.9 Å². The van der Waals surface area contributed by atoms with E-state index in [1.807, 2.05) is 31.2 Å². The number of nitrogens with one attached hydrogen (secondary N) is 2. The van der Waals surface area contributed by atoms with Crippen molar-refractivity contribution in [2.75, 3.05) is 18.5 Å². The number of hydrogen-bond donors (Lipinski definition) is 3. The van der Waals surface area contributed by atoms with Gasteiger partial charge in [0, 0.05) is 11.9 Å². The number of aryl methyl sites for hydroxylation is 1. The lowest BCUT2D eigenvalue weighted by atomic mass is 10.2. The van der Waals surface area contributed by atoms with Crippen molar-refractivity contribution in [2.45, 2.75) is 13.7 Å². The van der Waals surface area contributed by atoms with Crippen LogP contribution >= 0.6 is 0 Å². The topological polar surface area (TPSA) is 96.3 Å². The zero-order valence-electron chi connectivity index (χ0n) is 11.6. The zero-order valence-corrected chi connectivity index (χ0v) is 11.6. The molecule has 2 rings (SSSR count). The lowest BCUT2D eigenvalue weighted by molar-refractivity contribution is 0.0458. The molecule has 0 atom stereocenters. The van der Waals surface area contributed by atoms with E-state index in [0.29, 0.717) is 0 Å². The van der Waals surface area contributed by atoms with Gasteiger partial charge in [-0.25, -0.2) is 4.79 Å². The predicted molar refractivity (Wildman–Crippen MR) is 78.8 cm³/mol. The van der Waals surface area contributed by atoms with Crippen molar-refractivity contribution in [2.24, 2.45) is 0 Å². The summed E-state index contributed by atoms with van der Waals surface area (Å²) in [6.45, 7) is 1.91. The molecule has 0 fully saturated rings. The van der Waals surface area contributed by atoms with Crippen LogP contribution in [0.2, 0.25) is 0 Å². The van der Waals surface area contributed by atoms with Crippen LogP contribution in [0.3, 0.4) is 0 Å². The highest BCUT2D eigenvalue weighted by atomic mass is 16.5. The highest BCUT2D eigenvalue weighted by molar-refractivity contribution is 5.57. The third-order valence-electron chi connectivity index (χ3n) is 2.81. The molecule has 2 aromatic rings. The number of ether oxygens (including phenoxy) is 1. The average molecular weight is 291 g/mol. The van der Waals surface area contributed by atoms with Gasteiger partial charge < -0.3 is 15.2 Å². The maximum atomic E-state index is 11.8. The minimum absolute atomic E-state index is 0.0429. The van der Waals surface area contributed by atoms with Crippen molar-refractivity contribution in [3.8, 4) is 0 Å². The lowest BCUT2D eigenvalue weighted by Gasteiger charge is -2.09. The summed E-state index contributed by atoms with van der Waals surface area (Å²) in [5.41, 5.74) is 1.03. The highest BCUT2D eigenvalue weighted by Gasteiger charge is 2.05. The van der Waals surface area contributed by atoms with Crippen molar-refractivity contribution in [3.63, 3.8) is 0 Å². The molecule has 0 aliphatic rings. The molecule has 1 aromatic heterocycles. The Morgan fingerprint density at radius 2 is 2.00 bits per heavy atom. The molecule has 21 heavy (non-hydrogen) atoms. The molecule has 0 saturated heterocycles. The van der Waals surface area contributed by atoms with E-state index in [0.717, 1.165) is 11.3 Å². The molecule has 7 nitrogen and oxygen atoms in total. The number of rotatable bonds is 6. The maximum absolute atomic E-state index is 11.8. The molecule has 1 heterocycles. The number of aliphatic hydroxyl groups is 1. The van der Waals surface area contributed by atoms with Gasteiger partial charge in [0.25, 0.3) is 5.56 Å². The maximum Gasteiger partial charge on any atom is 0.330 e. The summed E-state index contributed by atoms with van der Waals surface area (Å²) in [6.07, 6.45) is 1.39. The van der Waals surface area contributed by atoms with Crippen molar-refractivity contribution in [1.82, 2.24) is 9.55 Å². The second-order valence-electron chi connectivity index (χ2n) is 4.52. The Morgan fingerprint density at radius 1 is 1.29 bits per heavy atom. The first-order chi connectivity index (χ1) is 10.1. The smallest absolute Gasteiger partial charge is 0.330 e. The number of aromatic nitrogens is 2. The molecule has 0 bridgehead atoms. The Kier molecular flexibility index (Phi) is 4.91. The van der Waals surface area contributed by atoms with Crippen LogP contribution in [0.1, 0.15) is 5.56 Å². The summed E-state index contributed by atoms with van der Waals surface area (Å²) < 4.78 is 6.29. The fraction of sp³-hybridized carbons (Fsp3) is 0.286. The number of anilines is 2. The summed E-state index contributed by atoms with van der Waals surface area (Å²) >= 11 is 0. The summed E-state index contributed by atoms with van der Waals surface area (Å²) in [5.74, 6) is 0. The van der Waals surface area contributed by atoms with E-state index in [1.165, 1.54) is 10.8 Å². The molecule has 0 unspecified atom stereocenters. The average Bonchev–Trinajstić information content (AvgIpc) is 2.46. The zero-order chi connectivity index (χ0) is 15.2. The van der Waals surface area contributed by atoms with Crippen LogP contribution in [0, 0.1) is 6.92 Å². The summed E-state index contributed by atoms with van der Waals surface area (Å²) in [5, 5.41) is 11.6. The molecule has 7 heteroatoms. The van der Waals surface area contributed by atoms with E-state index in [4.69, 9.17) is 9.84 Å². The molecule has 1 aromatic carbocycles. The van der Waals surface area contributed by atoms with Crippen LogP contribution < -0.4 is 16.6 Å². The standard InChI is InChI=1S/C14H17N3O4/c1-10-2-4-11(5-3-10)15-12-8-17(9-21-7-6-18)14(20)16-13(12)19/h2-5,8,15,18H,6-7,9H2,1H3,(H,16,19,20). The second kappa shape index (κ2) is 6.87. The van der Waals surface area contributed by atoms with Gasteiger partial charge >= 0.3 is 5.69 Å². The van der Waals surface area contributed by atoms with Gasteiger partial charge in [-0.1, -0.05) is 17.7 Å². The van der Waals surface area contributed by atoms with E-state index < -0.39 is 11.2 Å². The summed E-state index contributed by atoms with van der Waals surface area (Å²) in [4.78, 5) is 25.6. The Morgan fingerprint density at radius 3 is 2.67 bits per heavy atom. The first kappa shape index (κ1) is 15.0. The Balaban J connectivity index is 2.22. The number of hydrogen-bond acceptors (Lipinski definition) is 5. The minimum Gasteiger partial charge on any atom is -0.394 e. The quantitative estimate of drug-likeness (QED) is 0.676. The molecule has 3 N–H and O–H groups in total.